The van der Waals surface area contributed by atoms with Gasteiger partial charge in [-0.25, -0.2) is 8.42 Å². The fourth-order valence-corrected chi connectivity index (χ4v) is 2.48. The van der Waals surface area contributed by atoms with Gasteiger partial charge in [0.1, 0.15) is 0 Å². The predicted molar refractivity (Wildman–Crippen MR) is 89.5 cm³/mol. The zero-order valence-corrected chi connectivity index (χ0v) is 14.2. The molecule has 7 nitrogen and oxygen atoms in total. The molecule has 0 saturated heterocycles. The lowest BCUT2D eigenvalue weighted by Crippen LogP contribution is -2.30. The van der Waals surface area contributed by atoms with E-state index < -0.39 is 10.0 Å². The molecule has 0 bridgehead atoms. The molecule has 0 heterocycles. The van der Waals surface area contributed by atoms with Gasteiger partial charge in [0, 0.05) is 32.1 Å². The van der Waals surface area contributed by atoms with Crippen molar-refractivity contribution in [2.75, 3.05) is 24.1 Å². The van der Waals surface area contributed by atoms with E-state index in [4.69, 9.17) is 0 Å². The third-order valence-electron chi connectivity index (χ3n) is 2.95. The van der Waals surface area contributed by atoms with Crippen LogP contribution in [0.1, 0.15) is 25.3 Å². The van der Waals surface area contributed by atoms with Gasteiger partial charge in [0.2, 0.25) is 21.8 Å². The third-order valence-corrected chi connectivity index (χ3v) is 3.55. The van der Waals surface area contributed by atoms with Crippen LogP contribution in [0.3, 0.4) is 0 Å². The Bertz CT molecular complexity index is 627. The molecule has 128 valence electrons. The summed E-state index contributed by atoms with van der Waals surface area (Å²) >= 11 is 0. The Labute approximate surface area is 136 Å². The fourth-order valence-electron chi connectivity index (χ4n) is 1.91. The largest absolute Gasteiger partial charge is 0.356 e. The van der Waals surface area contributed by atoms with E-state index in [0.29, 0.717) is 18.8 Å². The number of hydrogen-bond acceptors (Lipinski definition) is 4. The molecule has 3 N–H and O–H groups in total. The van der Waals surface area contributed by atoms with Crippen molar-refractivity contribution in [1.82, 2.24) is 10.6 Å². The second-order valence-electron chi connectivity index (χ2n) is 5.26. The number of aryl methyl sites for hydroxylation is 1. The van der Waals surface area contributed by atoms with Gasteiger partial charge in [-0.05, 0) is 30.5 Å². The number of sulfonamides is 1. The van der Waals surface area contributed by atoms with Gasteiger partial charge in [-0.2, -0.15) is 0 Å². The van der Waals surface area contributed by atoms with Crippen molar-refractivity contribution in [3.63, 3.8) is 0 Å². The Hall–Kier alpha value is -2.09. The normalized spacial score (nSPS) is 10.9. The molecular formula is C15H23N3O4S. The number of anilines is 1. The number of nitrogens with one attached hydrogen (secondary N) is 3. The van der Waals surface area contributed by atoms with Gasteiger partial charge in [-0.15, -0.1) is 0 Å². The maximum absolute atomic E-state index is 11.5. The molecule has 0 aliphatic rings. The van der Waals surface area contributed by atoms with E-state index in [9.17, 15) is 18.0 Å². The third kappa shape index (κ3) is 9.51. The average molecular weight is 341 g/mol. The maximum atomic E-state index is 11.5. The smallest absolute Gasteiger partial charge is 0.229 e. The SMILES string of the molecule is CC(=O)NCCC(=O)NCCCc1ccc(NS(C)(=O)=O)cc1. The minimum atomic E-state index is -3.26. The van der Waals surface area contributed by atoms with Crippen LogP contribution in [0.25, 0.3) is 0 Å². The lowest BCUT2D eigenvalue weighted by Gasteiger charge is -2.07. The Kier molecular flexibility index (Phi) is 7.53. The van der Waals surface area contributed by atoms with Crippen LogP contribution in [0.5, 0.6) is 0 Å². The first-order valence-corrected chi connectivity index (χ1v) is 9.23. The van der Waals surface area contributed by atoms with Crippen molar-refractivity contribution < 1.29 is 18.0 Å². The van der Waals surface area contributed by atoms with Crippen molar-refractivity contribution in [3.05, 3.63) is 29.8 Å². The molecule has 2 amide bonds. The molecule has 0 unspecified atom stereocenters. The van der Waals surface area contributed by atoms with Crippen LogP contribution in [0.4, 0.5) is 5.69 Å². The molecule has 1 rings (SSSR count). The van der Waals surface area contributed by atoms with Crippen LogP contribution in [0, 0.1) is 0 Å². The highest BCUT2D eigenvalue weighted by Crippen LogP contribution is 2.11. The highest BCUT2D eigenvalue weighted by atomic mass is 32.2. The number of rotatable bonds is 9. The summed E-state index contributed by atoms with van der Waals surface area (Å²) < 4.78 is 24.6. The van der Waals surface area contributed by atoms with E-state index >= 15 is 0 Å². The molecular weight excluding hydrogens is 318 g/mol. The standard InChI is InChI=1S/C15H23N3O4S/c1-12(19)16-11-9-15(20)17-10-3-4-13-5-7-14(8-6-13)18-23(2,21)22/h5-8,18H,3-4,9-11H2,1-2H3,(H,16,19)(H,17,20). The van der Waals surface area contributed by atoms with Gasteiger partial charge in [-0.3, -0.25) is 14.3 Å². The molecule has 0 saturated carbocycles. The zero-order valence-electron chi connectivity index (χ0n) is 13.4. The first-order valence-electron chi connectivity index (χ1n) is 7.34. The Morgan fingerprint density at radius 1 is 1.04 bits per heavy atom. The van der Waals surface area contributed by atoms with E-state index in [-0.39, 0.29) is 18.2 Å². The molecule has 0 fully saturated rings. The van der Waals surface area contributed by atoms with Gasteiger partial charge in [0.15, 0.2) is 0 Å². The summed E-state index contributed by atoms with van der Waals surface area (Å²) in [7, 11) is -3.26. The van der Waals surface area contributed by atoms with Crippen molar-refractivity contribution in [3.8, 4) is 0 Å². The molecule has 0 aromatic heterocycles. The summed E-state index contributed by atoms with van der Waals surface area (Å²) in [4.78, 5) is 22.1. The Morgan fingerprint density at radius 3 is 2.26 bits per heavy atom. The van der Waals surface area contributed by atoms with Gasteiger partial charge >= 0.3 is 0 Å². The average Bonchev–Trinajstić information content (AvgIpc) is 2.43. The number of benzene rings is 1. The fraction of sp³-hybridized carbons (Fsp3) is 0.467. The molecule has 0 aliphatic heterocycles. The van der Waals surface area contributed by atoms with Crippen molar-refractivity contribution in [2.45, 2.75) is 26.2 Å². The highest BCUT2D eigenvalue weighted by molar-refractivity contribution is 7.92. The van der Waals surface area contributed by atoms with Gasteiger partial charge < -0.3 is 10.6 Å². The molecule has 1 aromatic rings. The number of carbonyl (C=O) groups excluding carboxylic acids is 2. The molecule has 0 radical (unpaired) electrons. The second-order valence-corrected chi connectivity index (χ2v) is 7.01. The minimum absolute atomic E-state index is 0.0912. The van der Waals surface area contributed by atoms with E-state index in [1.807, 2.05) is 12.1 Å². The number of amides is 2. The van der Waals surface area contributed by atoms with Crippen molar-refractivity contribution in [1.29, 1.82) is 0 Å². The topological polar surface area (TPSA) is 104 Å². The summed E-state index contributed by atoms with van der Waals surface area (Å²) in [5, 5.41) is 5.35. The molecule has 0 spiro atoms. The first-order chi connectivity index (χ1) is 10.8. The Balaban J connectivity index is 2.23. The molecule has 1 aromatic carbocycles. The lowest BCUT2D eigenvalue weighted by atomic mass is 10.1. The first kappa shape index (κ1) is 19.0. The van der Waals surface area contributed by atoms with Crippen molar-refractivity contribution >= 4 is 27.5 Å². The summed E-state index contributed by atoms with van der Waals surface area (Å²) in [6.45, 7) is 2.31. The molecule has 23 heavy (non-hydrogen) atoms. The molecule has 8 heteroatoms. The van der Waals surface area contributed by atoms with Crippen LogP contribution in [0.2, 0.25) is 0 Å². The second kappa shape index (κ2) is 9.14. The van der Waals surface area contributed by atoms with Crippen LogP contribution in [-0.4, -0.2) is 39.6 Å². The zero-order chi connectivity index (χ0) is 17.3. The van der Waals surface area contributed by atoms with E-state index in [0.717, 1.165) is 24.7 Å². The summed E-state index contributed by atoms with van der Waals surface area (Å²) in [6.07, 6.45) is 2.94. The van der Waals surface area contributed by atoms with Crippen LogP contribution < -0.4 is 15.4 Å². The van der Waals surface area contributed by atoms with E-state index in [1.165, 1.54) is 6.92 Å². The molecule has 0 aliphatic carbocycles. The van der Waals surface area contributed by atoms with Crippen LogP contribution in [0.15, 0.2) is 24.3 Å². The predicted octanol–water partition coefficient (Wildman–Crippen LogP) is 0.633. The summed E-state index contributed by atoms with van der Waals surface area (Å²) in [6, 6.07) is 7.13. The van der Waals surface area contributed by atoms with Gasteiger partial charge in [0.25, 0.3) is 0 Å². The number of hydrogen-bond donors (Lipinski definition) is 3. The van der Waals surface area contributed by atoms with Crippen molar-refractivity contribution in [2.24, 2.45) is 0 Å². The number of carbonyl (C=O) groups is 2. The monoisotopic (exact) mass is 341 g/mol. The van der Waals surface area contributed by atoms with E-state index in [1.54, 1.807) is 12.1 Å². The van der Waals surface area contributed by atoms with Gasteiger partial charge in [-0.1, -0.05) is 12.1 Å². The molecule has 0 atom stereocenters. The summed E-state index contributed by atoms with van der Waals surface area (Å²) in [5.74, 6) is -0.238. The summed E-state index contributed by atoms with van der Waals surface area (Å²) in [5.41, 5.74) is 1.60. The van der Waals surface area contributed by atoms with E-state index in [2.05, 4.69) is 15.4 Å². The van der Waals surface area contributed by atoms with Gasteiger partial charge in [0.05, 0.1) is 6.26 Å². The maximum Gasteiger partial charge on any atom is 0.229 e. The minimum Gasteiger partial charge on any atom is -0.356 e. The highest BCUT2D eigenvalue weighted by Gasteiger charge is 2.03. The Morgan fingerprint density at radius 2 is 1.70 bits per heavy atom. The lowest BCUT2D eigenvalue weighted by molar-refractivity contribution is -0.121. The van der Waals surface area contributed by atoms with Crippen LogP contribution >= 0.6 is 0 Å². The van der Waals surface area contributed by atoms with Crippen LogP contribution in [-0.2, 0) is 26.0 Å². The quantitative estimate of drug-likeness (QED) is 0.573.